The Balaban J connectivity index is 1.50. The van der Waals surface area contributed by atoms with E-state index in [4.69, 9.17) is 0 Å². The van der Waals surface area contributed by atoms with Crippen molar-refractivity contribution < 1.29 is 0 Å². The highest BCUT2D eigenvalue weighted by Crippen LogP contribution is 2.63. The van der Waals surface area contributed by atoms with Crippen LogP contribution in [0, 0.1) is 22.7 Å². The van der Waals surface area contributed by atoms with E-state index in [-0.39, 0.29) is 0 Å². The van der Waals surface area contributed by atoms with E-state index in [1.54, 1.807) is 11.8 Å². The minimum absolute atomic E-state index is 0.636. The number of anilines is 3. The van der Waals surface area contributed by atoms with E-state index < -0.39 is 5.41 Å². The van der Waals surface area contributed by atoms with Crippen molar-refractivity contribution in [2.45, 2.75) is 80.4 Å². The molecule has 0 saturated heterocycles. The van der Waals surface area contributed by atoms with Crippen LogP contribution < -0.4 is 4.90 Å². The van der Waals surface area contributed by atoms with E-state index in [9.17, 15) is 10.5 Å². The molecule has 0 aliphatic carbocycles. The number of nitriles is 2. The normalized spacial score (nSPS) is 13.6. The predicted octanol–water partition coefficient (Wildman–Crippen LogP) is 11.5. The van der Waals surface area contributed by atoms with Gasteiger partial charge >= 0.3 is 0 Å². The SMILES string of the molecule is CCCCCc1ccc(N2c3ccccc3C3(c4cc(C#N)ccc4Sc4ccc(C#N)cc43)c3ccccc32)cc1CCCCC. The fraction of sp³-hybridized carbons (Fsp3) is 0.256. The average Bonchev–Trinajstić information content (AvgIpc) is 3.12. The lowest BCUT2D eigenvalue weighted by Crippen LogP contribution is -2.39. The fourth-order valence-corrected chi connectivity index (χ4v) is 8.84. The highest BCUT2D eigenvalue weighted by molar-refractivity contribution is 7.99. The first-order valence-corrected chi connectivity index (χ1v) is 17.8. The van der Waals surface area contributed by atoms with Gasteiger partial charge in [0.2, 0.25) is 0 Å². The number of fused-ring (bicyclic) bond motifs is 8. The Morgan fingerprint density at radius 3 is 1.64 bits per heavy atom. The Morgan fingerprint density at radius 1 is 0.574 bits per heavy atom. The van der Waals surface area contributed by atoms with Gasteiger partial charge in [-0.15, -0.1) is 0 Å². The summed E-state index contributed by atoms with van der Waals surface area (Å²) in [6.07, 6.45) is 9.57. The van der Waals surface area contributed by atoms with Crippen molar-refractivity contribution in [3.05, 3.63) is 148 Å². The molecule has 47 heavy (non-hydrogen) atoms. The molecule has 5 aromatic carbocycles. The largest absolute Gasteiger partial charge is 0.310 e. The number of benzene rings is 5. The van der Waals surface area contributed by atoms with Crippen LogP contribution in [0.5, 0.6) is 0 Å². The van der Waals surface area contributed by atoms with E-state index in [2.05, 4.69) is 122 Å². The van der Waals surface area contributed by atoms with Crippen molar-refractivity contribution in [1.82, 2.24) is 0 Å². The van der Waals surface area contributed by atoms with Crippen LogP contribution in [0.25, 0.3) is 0 Å². The summed E-state index contributed by atoms with van der Waals surface area (Å²) in [6.45, 7) is 4.54. The summed E-state index contributed by atoms with van der Waals surface area (Å²) in [5, 5.41) is 20.1. The van der Waals surface area contributed by atoms with Crippen LogP contribution >= 0.6 is 11.8 Å². The van der Waals surface area contributed by atoms with Crippen LogP contribution in [0.2, 0.25) is 0 Å². The van der Waals surface area contributed by atoms with Gasteiger partial charge in [-0.05, 0) is 120 Å². The molecule has 1 spiro atoms. The lowest BCUT2D eigenvalue weighted by atomic mass is 9.62. The number of aryl methyl sites for hydroxylation is 2. The Hall–Kier alpha value is -4.77. The van der Waals surface area contributed by atoms with E-state index in [1.807, 2.05) is 12.1 Å². The third kappa shape index (κ3) is 5.22. The Kier molecular flexibility index (Phi) is 8.64. The second kappa shape index (κ2) is 13.2. The Morgan fingerprint density at radius 2 is 1.11 bits per heavy atom. The quantitative estimate of drug-likeness (QED) is 0.149. The number of hydrogen-bond donors (Lipinski definition) is 0. The monoisotopic (exact) mass is 629 g/mol. The first kappa shape index (κ1) is 30.9. The third-order valence-electron chi connectivity index (χ3n) is 9.89. The highest BCUT2D eigenvalue weighted by atomic mass is 32.2. The summed E-state index contributed by atoms with van der Waals surface area (Å²) >= 11 is 1.72. The maximum atomic E-state index is 10.1. The van der Waals surface area contributed by atoms with E-state index in [0.717, 1.165) is 56.3 Å². The van der Waals surface area contributed by atoms with Gasteiger partial charge < -0.3 is 4.90 Å². The van der Waals surface area contributed by atoms with Gasteiger partial charge in [0.05, 0.1) is 40.1 Å². The molecule has 0 atom stereocenters. The molecule has 4 heteroatoms. The molecule has 3 nitrogen and oxygen atoms in total. The number of rotatable bonds is 9. The molecule has 2 aliphatic heterocycles. The zero-order valence-electron chi connectivity index (χ0n) is 27.2. The molecule has 0 fully saturated rings. The highest BCUT2D eigenvalue weighted by Gasteiger charge is 2.50. The zero-order valence-corrected chi connectivity index (χ0v) is 28.0. The summed E-state index contributed by atoms with van der Waals surface area (Å²) in [6, 6.07) is 41.6. The molecule has 0 unspecified atom stereocenters. The molecule has 2 aliphatic rings. The predicted molar refractivity (Wildman–Crippen MR) is 193 cm³/mol. The Labute approximate surface area is 283 Å². The first-order valence-electron chi connectivity index (χ1n) is 17.0. The van der Waals surface area contributed by atoms with Gasteiger partial charge in [-0.25, -0.2) is 0 Å². The van der Waals surface area contributed by atoms with Gasteiger partial charge in [-0.3, -0.25) is 0 Å². The summed E-state index contributed by atoms with van der Waals surface area (Å²) in [5.74, 6) is 0. The summed E-state index contributed by atoms with van der Waals surface area (Å²) in [5.41, 5.74) is 11.4. The lowest BCUT2D eigenvalue weighted by Gasteiger charge is -2.49. The van der Waals surface area contributed by atoms with Gasteiger partial charge in [0.1, 0.15) is 0 Å². The molecule has 232 valence electrons. The molecule has 0 aromatic heterocycles. The van der Waals surface area contributed by atoms with Crippen molar-refractivity contribution in [2.75, 3.05) is 4.90 Å². The first-order chi connectivity index (χ1) is 23.1. The van der Waals surface area contributed by atoms with E-state index >= 15 is 0 Å². The number of hydrogen-bond acceptors (Lipinski definition) is 4. The maximum absolute atomic E-state index is 10.1. The van der Waals surface area contributed by atoms with Crippen molar-refractivity contribution in [2.24, 2.45) is 0 Å². The molecule has 0 bridgehead atoms. The maximum Gasteiger partial charge on any atom is 0.0991 e. The van der Waals surface area contributed by atoms with Crippen LogP contribution in [0.1, 0.15) is 96.9 Å². The average molecular weight is 630 g/mol. The second-order valence-corrected chi connectivity index (χ2v) is 13.8. The summed E-state index contributed by atoms with van der Waals surface area (Å²) in [7, 11) is 0. The number of unbranched alkanes of at least 4 members (excludes halogenated alkanes) is 4. The van der Waals surface area contributed by atoms with Crippen LogP contribution in [-0.4, -0.2) is 0 Å². The molecule has 0 amide bonds. The van der Waals surface area contributed by atoms with Crippen LogP contribution in [0.3, 0.4) is 0 Å². The van der Waals surface area contributed by atoms with Crippen molar-refractivity contribution >= 4 is 28.8 Å². The fourth-order valence-electron chi connectivity index (χ4n) is 7.69. The standard InChI is InChI=1S/C43H39N3S/c1-3-5-7-13-32-21-22-34(27-33(32)14-8-6-4-2)46-39-17-11-9-15-35(39)43(36-16-10-12-18-40(36)46)37-25-30(28-44)19-23-41(37)47-42-24-20-31(29-45)26-38(42)43/h9-12,15-27H,3-8,13-14H2,1-2H3. The smallest absolute Gasteiger partial charge is 0.0991 e. The van der Waals surface area contributed by atoms with E-state index in [1.165, 1.54) is 55.3 Å². The minimum atomic E-state index is -0.705. The second-order valence-electron chi connectivity index (χ2n) is 12.7. The van der Waals surface area contributed by atoms with Crippen molar-refractivity contribution in [1.29, 1.82) is 10.5 Å². The minimum Gasteiger partial charge on any atom is -0.310 e. The molecule has 0 radical (unpaired) electrons. The van der Waals surface area contributed by atoms with Gasteiger partial charge in [-0.2, -0.15) is 10.5 Å². The molecule has 7 rings (SSSR count). The van der Waals surface area contributed by atoms with Crippen molar-refractivity contribution in [3.63, 3.8) is 0 Å². The summed E-state index contributed by atoms with van der Waals surface area (Å²) < 4.78 is 0. The molecular weight excluding hydrogens is 591 g/mol. The van der Waals surface area contributed by atoms with Crippen LogP contribution in [0.15, 0.2) is 113 Å². The molecule has 2 heterocycles. The summed E-state index contributed by atoms with van der Waals surface area (Å²) in [4.78, 5) is 4.71. The van der Waals surface area contributed by atoms with Gasteiger partial charge in [0.25, 0.3) is 0 Å². The van der Waals surface area contributed by atoms with E-state index in [0.29, 0.717) is 11.1 Å². The molecular formula is C43H39N3S. The lowest BCUT2D eigenvalue weighted by molar-refractivity contribution is 0.689. The Bertz CT molecular complexity index is 1930. The molecule has 0 saturated carbocycles. The van der Waals surface area contributed by atoms with Gasteiger partial charge in [-0.1, -0.05) is 93.8 Å². The van der Waals surface area contributed by atoms with Gasteiger partial charge in [0, 0.05) is 15.5 Å². The zero-order chi connectivity index (χ0) is 32.4. The topological polar surface area (TPSA) is 50.8 Å². The number of para-hydroxylation sites is 2. The molecule has 0 N–H and O–H groups in total. The van der Waals surface area contributed by atoms with Crippen molar-refractivity contribution in [3.8, 4) is 12.1 Å². The molecule has 5 aromatic rings. The van der Waals surface area contributed by atoms with Gasteiger partial charge in [0.15, 0.2) is 0 Å². The van der Waals surface area contributed by atoms with Crippen LogP contribution in [0.4, 0.5) is 17.1 Å². The third-order valence-corrected chi connectivity index (χ3v) is 11.0. The number of nitrogens with zero attached hydrogens (tertiary/aromatic N) is 3. The van der Waals surface area contributed by atoms with Crippen LogP contribution in [-0.2, 0) is 18.3 Å².